The Morgan fingerprint density at radius 2 is 2.19 bits per heavy atom. The first-order valence-electron chi connectivity index (χ1n) is 8.85. The zero-order chi connectivity index (χ0) is 18.2. The predicted octanol–water partition coefficient (Wildman–Crippen LogP) is 2.28. The van der Waals surface area contributed by atoms with E-state index >= 15 is 0 Å². The standard InChI is InChI=1S/C19H18N6O2/c26-17(13-4-5-27-10-13)14-6-15-9-23-25(19(15)20-8-14)16-3-1-2-12(7-16)18-21-11-22-24-18/h1-3,6-9,11,13,17,26H,4-5,10H2,(H,21,22,24)/t13-,17+/m0/s1. The molecule has 2 atom stereocenters. The Labute approximate surface area is 154 Å². The van der Waals surface area contributed by atoms with Crippen LogP contribution >= 0.6 is 0 Å². The molecule has 4 aromatic rings. The van der Waals surface area contributed by atoms with E-state index in [1.54, 1.807) is 17.1 Å². The van der Waals surface area contributed by atoms with Crippen LogP contribution in [0, 0.1) is 5.92 Å². The molecule has 1 aliphatic rings. The topological polar surface area (TPSA) is 102 Å². The van der Waals surface area contributed by atoms with Crippen LogP contribution in [0.15, 0.2) is 49.1 Å². The number of aromatic nitrogens is 6. The van der Waals surface area contributed by atoms with Gasteiger partial charge in [0.2, 0.25) is 0 Å². The van der Waals surface area contributed by atoms with Gasteiger partial charge in [-0.25, -0.2) is 14.6 Å². The summed E-state index contributed by atoms with van der Waals surface area (Å²) in [7, 11) is 0. The summed E-state index contributed by atoms with van der Waals surface area (Å²) in [5, 5.41) is 22.7. The Morgan fingerprint density at radius 1 is 1.22 bits per heavy atom. The number of ether oxygens (including phenoxy) is 1. The van der Waals surface area contributed by atoms with Crippen LogP contribution < -0.4 is 0 Å². The van der Waals surface area contributed by atoms with Gasteiger partial charge in [-0.15, -0.1) is 0 Å². The van der Waals surface area contributed by atoms with Crippen LogP contribution in [-0.2, 0) is 4.74 Å². The van der Waals surface area contributed by atoms with Gasteiger partial charge in [0.05, 0.1) is 24.6 Å². The third kappa shape index (κ3) is 2.88. The van der Waals surface area contributed by atoms with Gasteiger partial charge >= 0.3 is 0 Å². The Bertz CT molecular complexity index is 1070. The van der Waals surface area contributed by atoms with Crippen LogP contribution in [0.4, 0.5) is 0 Å². The molecule has 0 bridgehead atoms. The number of nitrogens with one attached hydrogen (secondary N) is 1. The van der Waals surface area contributed by atoms with Crippen molar-refractivity contribution in [1.82, 2.24) is 29.9 Å². The lowest BCUT2D eigenvalue weighted by Gasteiger charge is -2.16. The summed E-state index contributed by atoms with van der Waals surface area (Å²) >= 11 is 0. The maximum Gasteiger partial charge on any atom is 0.162 e. The average molecular weight is 362 g/mol. The summed E-state index contributed by atoms with van der Waals surface area (Å²) in [6.07, 6.45) is 5.28. The first-order valence-corrected chi connectivity index (χ1v) is 8.85. The number of H-pyrrole nitrogens is 1. The molecule has 0 saturated carbocycles. The Morgan fingerprint density at radius 3 is 3.00 bits per heavy atom. The predicted molar refractivity (Wildman–Crippen MR) is 98.1 cm³/mol. The Balaban J connectivity index is 1.51. The molecule has 2 N–H and O–H groups in total. The molecule has 0 spiro atoms. The Kier molecular flexibility index (Phi) is 3.92. The van der Waals surface area contributed by atoms with E-state index < -0.39 is 6.10 Å². The first kappa shape index (κ1) is 16.1. The van der Waals surface area contributed by atoms with Crippen molar-refractivity contribution in [2.75, 3.05) is 13.2 Å². The van der Waals surface area contributed by atoms with Gasteiger partial charge in [0, 0.05) is 29.7 Å². The molecule has 0 amide bonds. The lowest BCUT2D eigenvalue weighted by molar-refractivity contribution is 0.0917. The zero-order valence-corrected chi connectivity index (χ0v) is 14.5. The molecule has 27 heavy (non-hydrogen) atoms. The molecule has 0 unspecified atom stereocenters. The van der Waals surface area contributed by atoms with Crippen LogP contribution in [0.3, 0.4) is 0 Å². The third-order valence-corrected chi connectivity index (χ3v) is 4.96. The number of benzene rings is 1. The van der Waals surface area contributed by atoms with Crippen molar-refractivity contribution in [1.29, 1.82) is 0 Å². The Hall–Kier alpha value is -3.10. The second-order valence-corrected chi connectivity index (χ2v) is 6.69. The number of hydrogen-bond acceptors (Lipinski definition) is 6. The zero-order valence-electron chi connectivity index (χ0n) is 14.5. The van der Waals surface area contributed by atoms with Crippen LogP contribution in [0.25, 0.3) is 28.1 Å². The fourth-order valence-electron chi connectivity index (χ4n) is 3.49. The number of rotatable bonds is 4. The van der Waals surface area contributed by atoms with Crippen LogP contribution in [0.5, 0.6) is 0 Å². The molecule has 1 fully saturated rings. The molecule has 1 aliphatic heterocycles. The van der Waals surface area contributed by atoms with Crippen molar-refractivity contribution in [2.45, 2.75) is 12.5 Å². The van der Waals surface area contributed by atoms with E-state index in [1.165, 1.54) is 6.33 Å². The molecule has 8 heteroatoms. The van der Waals surface area contributed by atoms with Crippen LogP contribution in [-0.4, -0.2) is 48.3 Å². The highest BCUT2D eigenvalue weighted by atomic mass is 16.5. The van der Waals surface area contributed by atoms with Gasteiger partial charge in [0.1, 0.15) is 6.33 Å². The summed E-state index contributed by atoms with van der Waals surface area (Å²) in [5.74, 6) is 0.823. The molecule has 1 aromatic carbocycles. The maximum atomic E-state index is 10.6. The molecule has 1 saturated heterocycles. The molecule has 0 radical (unpaired) electrons. The minimum absolute atomic E-state index is 0.123. The normalized spacial score (nSPS) is 18.2. The molecule has 3 aromatic heterocycles. The summed E-state index contributed by atoms with van der Waals surface area (Å²) in [5.41, 5.74) is 3.34. The van der Waals surface area contributed by atoms with Gasteiger partial charge in [0.15, 0.2) is 11.5 Å². The smallest absolute Gasteiger partial charge is 0.162 e. The minimum atomic E-state index is -0.567. The molecular formula is C19H18N6O2. The number of hydrogen-bond donors (Lipinski definition) is 2. The maximum absolute atomic E-state index is 10.6. The van der Waals surface area contributed by atoms with Crippen LogP contribution in [0.2, 0.25) is 0 Å². The number of pyridine rings is 1. The van der Waals surface area contributed by atoms with Gasteiger partial charge in [-0.2, -0.15) is 10.2 Å². The summed E-state index contributed by atoms with van der Waals surface area (Å²) < 4.78 is 7.16. The van der Waals surface area contributed by atoms with Crippen molar-refractivity contribution in [3.05, 3.63) is 54.6 Å². The van der Waals surface area contributed by atoms with Gasteiger partial charge in [-0.1, -0.05) is 12.1 Å². The van der Waals surface area contributed by atoms with E-state index in [9.17, 15) is 5.11 Å². The van der Waals surface area contributed by atoms with Gasteiger partial charge in [-0.05, 0) is 30.2 Å². The summed E-state index contributed by atoms with van der Waals surface area (Å²) in [4.78, 5) is 8.76. The molecule has 5 rings (SSSR count). The van der Waals surface area contributed by atoms with E-state index in [2.05, 4.69) is 25.3 Å². The van der Waals surface area contributed by atoms with Crippen molar-refractivity contribution < 1.29 is 9.84 Å². The summed E-state index contributed by atoms with van der Waals surface area (Å²) in [6.45, 7) is 1.30. The second-order valence-electron chi connectivity index (χ2n) is 6.69. The third-order valence-electron chi connectivity index (χ3n) is 4.96. The lowest BCUT2D eigenvalue weighted by atomic mass is 9.96. The number of nitrogens with zero attached hydrogens (tertiary/aromatic N) is 5. The molecule has 136 valence electrons. The SMILES string of the molecule is O[C@@H](c1cnc2c(cnn2-c2cccc(-c3ncn[nH]3)c2)c1)[C@H]1CCOC1. The lowest BCUT2D eigenvalue weighted by Crippen LogP contribution is -2.12. The number of aromatic amines is 1. The van der Waals surface area contributed by atoms with E-state index in [-0.39, 0.29) is 5.92 Å². The highest BCUT2D eigenvalue weighted by Crippen LogP contribution is 2.30. The van der Waals surface area contributed by atoms with Gasteiger partial charge < -0.3 is 9.84 Å². The van der Waals surface area contributed by atoms with Gasteiger partial charge in [0.25, 0.3) is 0 Å². The minimum Gasteiger partial charge on any atom is -0.388 e. The fraction of sp³-hybridized carbons (Fsp3) is 0.263. The first-order chi connectivity index (χ1) is 13.3. The van der Waals surface area contributed by atoms with E-state index in [4.69, 9.17) is 4.74 Å². The van der Waals surface area contributed by atoms with E-state index in [0.717, 1.165) is 34.3 Å². The van der Waals surface area contributed by atoms with Crippen molar-refractivity contribution >= 4 is 11.0 Å². The molecule has 0 aliphatic carbocycles. The quantitative estimate of drug-likeness (QED) is 0.577. The highest BCUT2D eigenvalue weighted by molar-refractivity contribution is 5.77. The number of fused-ring (bicyclic) bond motifs is 1. The average Bonchev–Trinajstić information content (AvgIpc) is 3.48. The summed E-state index contributed by atoms with van der Waals surface area (Å²) in [6, 6.07) is 9.80. The van der Waals surface area contributed by atoms with Crippen molar-refractivity contribution in [3.63, 3.8) is 0 Å². The molecule has 4 heterocycles. The second kappa shape index (κ2) is 6.57. The highest BCUT2D eigenvalue weighted by Gasteiger charge is 2.26. The van der Waals surface area contributed by atoms with Crippen molar-refractivity contribution in [3.8, 4) is 17.1 Å². The van der Waals surface area contributed by atoms with Crippen molar-refractivity contribution in [2.24, 2.45) is 5.92 Å². The monoisotopic (exact) mass is 362 g/mol. The largest absolute Gasteiger partial charge is 0.388 e. The fourth-order valence-corrected chi connectivity index (χ4v) is 3.49. The molecule has 8 nitrogen and oxygen atoms in total. The van der Waals surface area contributed by atoms with E-state index in [0.29, 0.717) is 19.0 Å². The number of aliphatic hydroxyl groups excluding tert-OH is 1. The van der Waals surface area contributed by atoms with Gasteiger partial charge in [-0.3, -0.25) is 5.10 Å². The molecular weight excluding hydrogens is 344 g/mol. The van der Waals surface area contributed by atoms with E-state index in [1.807, 2.05) is 30.3 Å². The number of aliphatic hydroxyl groups is 1. The van der Waals surface area contributed by atoms with Crippen LogP contribution in [0.1, 0.15) is 18.1 Å².